The summed E-state index contributed by atoms with van der Waals surface area (Å²) in [5.41, 5.74) is 0. The van der Waals surface area contributed by atoms with Gasteiger partial charge in [-0.05, 0) is 0 Å². The number of hydrogen-bond donors (Lipinski definition) is 8. The van der Waals surface area contributed by atoms with Crippen LogP contribution in [0.5, 0.6) is 0 Å². The normalized spacial score (nSPS) is 31.8. The van der Waals surface area contributed by atoms with Crippen molar-refractivity contribution < 1.29 is 139 Å². The zero-order valence-electron chi connectivity index (χ0n) is 23.5. The third kappa shape index (κ3) is 15.7. The quantitative estimate of drug-likeness (QED) is 0.0559. The van der Waals surface area contributed by atoms with Crippen LogP contribution in [0.1, 0.15) is 0 Å². The molecule has 0 amide bonds. The molecule has 0 unspecified atom stereocenters. The fourth-order valence-electron chi connectivity index (χ4n) is 4.10. The van der Waals surface area contributed by atoms with Crippen molar-refractivity contribution in [1.29, 1.82) is 0 Å². The third-order valence-corrected chi connectivity index (χ3v) is 8.64. The molecular formula is C12H22O32S7. The molecule has 9 atom stereocenters. The second-order valence-electron chi connectivity index (χ2n) is 9.11. The van der Waals surface area contributed by atoms with Crippen LogP contribution in [0.25, 0.3) is 0 Å². The minimum absolute atomic E-state index is 1.69. The van der Waals surface area contributed by atoms with Gasteiger partial charge in [-0.15, -0.1) is 0 Å². The van der Waals surface area contributed by atoms with Gasteiger partial charge >= 0.3 is 72.8 Å². The monoisotopic (exact) mass is 902 g/mol. The molecule has 8 N–H and O–H groups in total. The van der Waals surface area contributed by atoms with Crippen molar-refractivity contribution in [2.75, 3.05) is 19.8 Å². The van der Waals surface area contributed by atoms with Gasteiger partial charge in [0.25, 0.3) is 0 Å². The largest absolute Gasteiger partial charge is 0.397 e. The van der Waals surface area contributed by atoms with Crippen LogP contribution in [0.4, 0.5) is 0 Å². The Morgan fingerprint density at radius 3 is 1.31 bits per heavy atom. The molecule has 51 heavy (non-hydrogen) atoms. The predicted octanol–water partition coefficient (Wildman–Crippen LogP) is -6.61. The average Bonchev–Trinajstić information content (AvgIpc) is 3.11. The number of aliphatic hydroxyl groups excluding tert-OH is 1. The topological polar surface area (TPSA) is 493 Å². The molecule has 0 aliphatic carbocycles. The predicted molar refractivity (Wildman–Crippen MR) is 142 cm³/mol. The molecule has 2 rings (SSSR count). The smallest absolute Gasteiger partial charge is 0.394 e. The van der Waals surface area contributed by atoms with Crippen molar-refractivity contribution in [3.63, 3.8) is 0 Å². The zero-order valence-corrected chi connectivity index (χ0v) is 29.2. The van der Waals surface area contributed by atoms with Crippen molar-refractivity contribution in [3.05, 3.63) is 0 Å². The first kappa shape index (κ1) is 46.1. The third-order valence-electron chi connectivity index (χ3n) is 5.48. The molecule has 2 saturated heterocycles. The molecule has 304 valence electrons. The molecule has 2 heterocycles. The lowest BCUT2D eigenvalue weighted by atomic mass is 9.99. The van der Waals surface area contributed by atoms with E-state index in [0.29, 0.717) is 0 Å². The van der Waals surface area contributed by atoms with Gasteiger partial charge < -0.3 is 19.3 Å². The lowest BCUT2D eigenvalue weighted by Crippen LogP contribution is -2.65. The van der Waals surface area contributed by atoms with Crippen LogP contribution in [0.2, 0.25) is 0 Å². The Morgan fingerprint density at radius 1 is 0.490 bits per heavy atom. The number of aliphatic hydroxyl groups is 1. The minimum atomic E-state index is -6.14. The molecule has 2 aliphatic rings. The Morgan fingerprint density at radius 2 is 0.902 bits per heavy atom. The van der Waals surface area contributed by atoms with Crippen LogP contribution in [0.15, 0.2) is 0 Å². The van der Waals surface area contributed by atoms with Crippen LogP contribution >= 0.6 is 0 Å². The van der Waals surface area contributed by atoms with Crippen molar-refractivity contribution in [1.82, 2.24) is 0 Å². The lowest BCUT2D eigenvalue weighted by Gasteiger charge is -2.45. The SMILES string of the molecule is O=S(=O)(O)OC[C@H]1O[C@@](COS(=O)(=O)O)(O[C@H]2O[C@H](CO)[C@@H](OS(=O)(=O)O)[C@H](OS(=O)(=O)O)[C@H]2OS(=O)(=O)O)[C@@H](OS(=O)(=O)O)[C@@H]1OS(=O)(=O)O. The highest BCUT2D eigenvalue weighted by Crippen LogP contribution is 2.42. The lowest BCUT2D eigenvalue weighted by molar-refractivity contribution is -0.374. The summed E-state index contributed by atoms with van der Waals surface area (Å²) in [7, 11) is -41.7. The second kappa shape index (κ2) is 16.0. The van der Waals surface area contributed by atoms with Gasteiger partial charge in [-0.3, -0.25) is 31.9 Å². The van der Waals surface area contributed by atoms with E-state index in [1.54, 1.807) is 0 Å². The summed E-state index contributed by atoms with van der Waals surface area (Å²) < 4.78 is 270. The number of rotatable bonds is 19. The van der Waals surface area contributed by atoms with Gasteiger partial charge in [-0.1, -0.05) is 0 Å². The summed E-state index contributed by atoms with van der Waals surface area (Å²) in [4.78, 5) is 0. The van der Waals surface area contributed by atoms with Gasteiger partial charge in [0, 0.05) is 0 Å². The van der Waals surface area contributed by atoms with Gasteiger partial charge in [0.05, 0.1) is 13.2 Å². The first-order chi connectivity index (χ1) is 22.5. The maximum absolute atomic E-state index is 11.8. The molecular weight excluding hydrogens is 881 g/mol. The fraction of sp³-hybridized carbons (Fsp3) is 1.00. The van der Waals surface area contributed by atoms with Crippen molar-refractivity contribution in [2.45, 2.75) is 54.8 Å². The van der Waals surface area contributed by atoms with E-state index < -0.39 is 147 Å². The van der Waals surface area contributed by atoms with Gasteiger partial charge in [0.1, 0.15) is 37.1 Å². The van der Waals surface area contributed by atoms with E-state index in [-0.39, 0.29) is 0 Å². The Balaban J connectivity index is 2.99. The van der Waals surface area contributed by atoms with Gasteiger partial charge in [-0.25, -0.2) is 29.3 Å². The maximum atomic E-state index is 11.8. The maximum Gasteiger partial charge on any atom is 0.397 e. The standard InChI is InChI=1S/C12H22O32S7/c13-1-4-6(40-47(20,21)22)8(42-49(26,27)28)9(43-50(29,30)31)11(37-4)39-12(3-36-46(17,18)19)10(44-51(32,33)34)7(41-48(23,24)25)5(38-12)2-35-45(14,15)16/h4-11,13H,1-3H2,(H,14,15,16)(H,17,18,19)(H,20,21,22)(H,23,24,25)(H,26,27,28)(H,29,30,31)(H,32,33,34)/t4-,5-,6-,7-,8+,9-,10+,11-,12+/m1/s1. The van der Waals surface area contributed by atoms with E-state index in [0.717, 1.165) is 0 Å². The van der Waals surface area contributed by atoms with Crippen molar-refractivity contribution in [2.24, 2.45) is 0 Å². The molecule has 0 aromatic rings. The molecule has 0 saturated carbocycles. The minimum Gasteiger partial charge on any atom is -0.394 e. The van der Waals surface area contributed by atoms with Crippen LogP contribution in [0, 0.1) is 0 Å². The van der Waals surface area contributed by atoms with Crippen molar-refractivity contribution >= 4 is 72.8 Å². The fourth-order valence-corrected chi connectivity index (χ4v) is 7.24. The Bertz CT molecular complexity index is 2020. The summed E-state index contributed by atoms with van der Waals surface area (Å²) >= 11 is 0. The molecule has 39 heteroatoms. The molecule has 0 spiro atoms. The Labute approximate surface area is 286 Å². The van der Waals surface area contributed by atoms with E-state index in [1.165, 1.54) is 0 Å². The van der Waals surface area contributed by atoms with Crippen LogP contribution in [0.3, 0.4) is 0 Å². The molecule has 0 aromatic heterocycles. The summed E-state index contributed by atoms with van der Waals surface area (Å²) in [5.74, 6) is -3.97. The summed E-state index contributed by atoms with van der Waals surface area (Å²) in [6, 6.07) is 0. The van der Waals surface area contributed by atoms with Gasteiger partial charge in [0.15, 0.2) is 18.5 Å². The van der Waals surface area contributed by atoms with E-state index in [9.17, 15) is 82.2 Å². The van der Waals surface area contributed by atoms with Gasteiger partial charge in [-0.2, -0.15) is 58.9 Å². The zero-order chi connectivity index (χ0) is 39.8. The highest BCUT2D eigenvalue weighted by molar-refractivity contribution is 7.82. The van der Waals surface area contributed by atoms with Crippen LogP contribution in [-0.4, -0.2) is 171 Å². The van der Waals surface area contributed by atoms with Crippen LogP contribution < -0.4 is 0 Å². The van der Waals surface area contributed by atoms with E-state index in [1.807, 2.05) is 0 Å². The Hall–Kier alpha value is -1.07. The first-order valence-electron chi connectivity index (χ1n) is 11.7. The summed E-state index contributed by atoms with van der Waals surface area (Å²) in [6.45, 7) is -5.78. The van der Waals surface area contributed by atoms with Crippen molar-refractivity contribution in [3.8, 4) is 0 Å². The highest BCUT2D eigenvalue weighted by atomic mass is 32.3. The van der Waals surface area contributed by atoms with Gasteiger partial charge in [0.2, 0.25) is 5.79 Å². The number of hydrogen-bond acceptors (Lipinski definition) is 25. The highest BCUT2D eigenvalue weighted by Gasteiger charge is 2.65. The van der Waals surface area contributed by atoms with E-state index in [4.69, 9.17) is 27.9 Å². The molecule has 32 nitrogen and oxygen atoms in total. The Kier molecular flexibility index (Phi) is 14.4. The molecule has 2 fully saturated rings. The summed E-state index contributed by atoms with van der Waals surface area (Å²) in [5, 5.41) is 9.78. The number of ether oxygens (including phenoxy) is 3. The summed E-state index contributed by atoms with van der Waals surface area (Å²) in [6.07, 6.45) is -24.5. The van der Waals surface area contributed by atoms with E-state index in [2.05, 4.69) is 29.3 Å². The van der Waals surface area contributed by atoms with E-state index >= 15 is 0 Å². The second-order valence-corrected chi connectivity index (χ2v) is 16.5. The van der Waals surface area contributed by atoms with Crippen LogP contribution in [-0.2, 0) is 116 Å². The molecule has 0 bridgehead atoms. The average molecular weight is 903 g/mol. The molecule has 0 aromatic carbocycles. The molecule has 0 radical (unpaired) electrons. The molecule has 2 aliphatic heterocycles. The first-order valence-corrected chi connectivity index (χ1v) is 21.2.